The van der Waals surface area contributed by atoms with Gasteiger partial charge in [0.15, 0.2) is 4.96 Å². The van der Waals surface area contributed by atoms with Crippen molar-refractivity contribution < 1.29 is 9.63 Å². The first-order chi connectivity index (χ1) is 13.8. The molecule has 7 nitrogen and oxygen atoms in total. The van der Waals surface area contributed by atoms with Gasteiger partial charge in [0, 0.05) is 55.6 Å². The Hall–Kier alpha value is -2.42. The quantitative estimate of drug-likeness (QED) is 0.662. The van der Waals surface area contributed by atoms with E-state index in [0.717, 1.165) is 47.2 Å². The topological polar surface area (TPSA) is 76.1 Å². The summed E-state index contributed by atoms with van der Waals surface area (Å²) in [4.78, 5) is 25.6. The SMILES string of the molecule is CC(C)(C)C(=O)ON1CCN(Cc2cn3c(-c4ccccc4N)csc3n2)CC1. The lowest BCUT2D eigenvalue weighted by Gasteiger charge is -2.34. The molecular formula is C21H27N5O2S. The molecule has 3 aromatic rings. The largest absolute Gasteiger partial charge is 0.398 e. The molecule has 2 N–H and O–H groups in total. The highest BCUT2D eigenvalue weighted by atomic mass is 32.1. The van der Waals surface area contributed by atoms with E-state index in [1.165, 1.54) is 0 Å². The summed E-state index contributed by atoms with van der Waals surface area (Å²) in [5.41, 5.74) is 9.57. The summed E-state index contributed by atoms with van der Waals surface area (Å²) in [5, 5.41) is 3.87. The number of nitrogens with two attached hydrogens (primary N) is 1. The predicted molar refractivity (Wildman–Crippen MR) is 115 cm³/mol. The van der Waals surface area contributed by atoms with E-state index in [2.05, 4.69) is 20.9 Å². The predicted octanol–water partition coefficient (Wildman–Crippen LogP) is 3.27. The highest BCUT2D eigenvalue weighted by Crippen LogP contribution is 2.30. The van der Waals surface area contributed by atoms with E-state index in [-0.39, 0.29) is 5.97 Å². The summed E-state index contributed by atoms with van der Waals surface area (Å²) in [6, 6.07) is 7.90. The number of piperazine rings is 1. The molecule has 1 aromatic carbocycles. The number of thiazole rings is 1. The van der Waals surface area contributed by atoms with Gasteiger partial charge in [0.05, 0.1) is 16.8 Å². The van der Waals surface area contributed by atoms with Crippen LogP contribution < -0.4 is 5.73 Å². The van der Waals surface area contributed by atoms with Gasteiger partial charge in [-0.3, -0.25) is 9.30 Å². The van der Waals surface area contributed by atoms with Gasteiger partial charge in [0.2, 0.25) is 0 Å². The van der Waals surface area contributed by atoms with Gasteiger partial charge in [-0.25, -0.2) is 9.78 Å². The van der Waals surface area contributed by atoms with Crippen molar-refractivity contribution in [1.82, 2.24) is 19.3 Å². The molecule has 1 aliphatic heterocycles. The van der Waals surface area contributed by atoms with Gasteiger partial charge in [0.1, 0.15) is 0 Å². The zero-order valence-corrected chi connectivity index (χ0v) is 17.9. The number of anilines is 1. The molecule has 0 amide bonds. The second-order valence-electron chi connectivity index (χ2n) is 8.43. The highest BCUT2D eigenvalue weighted by Gasteiger charge is 2.28. The molecule has 4 rings (SSSR count). The van der Waals surface area contributed by atoms with Crippen molar-refractivity contribution in [3.63, 3.8) is 0 Å². The molecule has 8 heteroatoms. The number of carbonyl (C=O) groups is 1. The Morgan fingerprint density at radius 1 is 1.21 bits per heavy atom. The van der Waals surface area contributed by atoms with Gasteiger partial charge in [-0.2, -0.15) is 0 Å². The summed E-state index contributed by atoms with van der Waals surface area (Å²) >= 11 is 1.62. The zero-order chi connectivity index (χ0) is 20.6. The van der Waals surface area contributed by atoms with Gasteiger partial charge >= 0.3 is 5.97 Å². The number of para-hydroxylation sites is 1. The van der Waals surface area contributed by atoms with Crippen LogP contribution in [0.3, 0.4) is 0 Å². The first kappa shape index (κ1) is 19.9. The van der Waals surface area contributed by atoms with E-state index >= 15 is 0 Å². The molecule has 2 aromatic heterocycles. The number of nitrogen functional groups attached to an aromatic ring is 1. The van der Waals surface area contributed by atoms with Gasteiger partial charge < -0.3 is 10.6 Å². The van der Waals surface area contributed by atoms with Crippen molar-refractivity contribution in [2.75, 3.05) is 31.9 Å². The number of aromatic nitrogens is 2. The second kappa shape index (κ2) is 7.78. The Kier molecular flexibility index (Phi) is 5.33. The van der Waals surface area contributed by atoms with Crippen molar-refractivity contribution in [2.45, 2.75) is 27.3 Å². The molecule has 0 atom stereocenters. The van der Waals surface area contributed by atoms with E-state index in [4.69, 9.17) is 15.6 Å². The maximum Gasteiger partial charge on any atom is 0.330 e. The minimum atomic E-state index is -0.487. The molecule has 154 valence electrons. The van der Waals surface area contributed by atoms with E-state index in [1.807, 2.05) is 45.0 Å². The number of nitrogens with zero attached hydrogens (tertiary/aromatic N) is 4. The average Bonchev–Trinajstić information content (AvgIpc) is 3.23. The van der Waals surface area contributed by atoms with Crippen LogP contribution in [0.2, 0.25) is 0 Å². The van der Waals surface area contributed by atoms with Crippen LogP contribution in [-0.4, -0.2) is 51.5 Å². The summed E-state index contributed by atoms with van der Waals surface area (Å²) in [7, 11) is 0. The van der Waals surface area contributed by atoms with Crippen LogP contribution >= 0.6 is 11.3 Å². The Balaban J connectivity index is 1.40. The van der Waals surface area contributed by atoms with Gasteiger partial charge in [0.25, 0.3) is 0 Å². The Morgan fingerprint density at radius 3 is 2.62 bits per heavy atom. The molecule has 0 spiro atoms. The number of hydrogen-bond acceptors (Lipinski definition) is 7. The Labute approximate surface area is 174 Å². The Bertz CT molecular complexity index is 1010. The van der Waals surface area contributed by atoms with Crippen LogP contribution in [0.4, 0.5) is 5.69 Å². The number of carbonyl (C=O) groups excluding carboxylic acids is 1. The fraction of sp³-hybridized carbons (Fsp3) is 0.429. The highest BCUT2D eigenvalue weighted by molar-refractivity contribution is 7.15. The molecule has 0 saturated carbocycles. The van der Waals surface area contributed by atoms with Crippen molar-refractivity contribution in [1.29, 1.82) is 0 Å². The fourth-order valence-electron chi connectivity index (χ4n) is 3.29. The number of fused-ring (bicyclic) bond motifs is 1. The van der Waals surface area contributed by atoms with Crippen molar-refractivity contribution in [2.24, 2.45) is 5.41 Å². The number of imidazole rings is 1. The zero-order valence-electron chi connectivity index (χ0n) is 17.1. The molecule has 1 saturated heterocycles. The molecule has 0 radical (unpaired) electrons. The molecular weight excluding hydrogens is 386 g/mol. The molecule has 0 aliphatic carbocycles. The normalized spacial score (nSPS) is 16.4. The molecule has 1 aliphatic rings. The van der Waals surface area contributed by atoms with Crippen molar-refractivity contribution in [3.05, 3.63) is 41.5 Å². The van der Waals surface area contributed by atoms with E-state index in [0.29, 0.717) is 13.1 Å². The lowest BCUT2D eigenvalue weighted by molar-refractivity contribution is -0.207. The average molecular weight is 414 g/mol. The summed E-state index contributed by atoms with van der Waals surface area (Å²) in [6.45, 7) is 9.46. The summed E-state index contributed by atoms with van der Waals surface area (Å²) in [6.07, 6.45) is 2.10. The first-order valence-electron chi connectivity index (χ1n) is 9.81. The van der Waals surface area contributed by atoms with E-state index in [9.17, 15) is 4.79 Å². The van der Waals surface area contributed by atoms with E-state index < -0.39 is 5.41 Å². The molecule has 29 heavy (non-hydrogen) atoms. The lowest BCUT2D eigenvalue weighted by atomic mass is 9.98. The second-order valence-corrected chi connectivity index (χ2v) is 9.26. The van der Waals surface area contributed by atoms with Crippen LogP contribution in [0, 0.1) is 5.41 Å². The van der Waals surface area contributed by atoms with Crippen LogP contribution in [0.1, 0.15) is 26.5 Å². The molecule has 1 fully saturated rings. The van der Waals surface area contributed by atoms with Crippen LogP contribution in [-0.2, 0) is 16.2 Å². The molecule has 0 bridgehead atoms. The smallest absolute Gasteiger partial charge is 0.330 e. The molecule has 3 heterocycles. The number of hydrogen-bond donors (Lipinski definition) is 1. The van der Waals surface area contributed by atoms with Gasteiger partial charge in [-0.1, -0.05) is 18.2 Å². The summed E-state index contributed by atoms with van der Waals surface area (Å²) in [5.74, 6) is -0.187. The Morgan fingerprint density at radius 2 is 1.93 bits per heavy atom. The number of benzene rings is 1. The van der Waals surface area contributed by atoms with Gasteiger partial charge in [-0.15, -0.1) is 16.4 Å². The van der Waals surface area contributed by atoms with Crippen molar-refractivity contribution >= 4 is 28.0 Å². The van der Waals surface area contributed by atoms with Gasteiger partial charge in [-0.05, 0) is 26.8 Å². The van der Waals surface area contributed by atoms with Crippen molar-refractivity contribution in [3.8, 4) is 11.3 Å². The lowest BCUT2D eigenvalue weighted by Crippen LogP contribution is -2.47. The minimum absolute atomic E-state index is 0.187. The number of rotatable bonds is 4. The third kappa shape index (κ3) is 4.29. The van der Waals surface area contributed by atoms with E-state index in [1.54, 1.807) is 16.4 Å². The van der Waals surface area contributed by atoms with Crippen LogP contribution in [0.15, 0.2) is 35.8 Å². The van der Waals surface area contributed by atoms with Crippen LogP contribution in [0.25, 0.3) is 16.2 Å². The third-order valence-electron chi connectivity index (χ3n) is 5.04. The molecule has 0 unspecified atom stereocenters. The first-order valence-corrected chi connectivity index (χ1v) is 10.7. The maximum atomic E-state index is 12.0. The summed E-state index contributed by atoms with van der Waals surface area (Å²) < 4.78 is 2.12. The number of hydroxylamine groups is 2. The monoisotopic (exact) mass is 413 g/mol. The standard InChI is InChI=1S/C21H27N5O2S/c1-21(2,3)19(27)28-25-10-8-24(9-11-25)12-15-13-26-18(14-29-20(26)23-15)16-6-4-5-7-17(16)22/h4-7,13-14H,8-12,22H2,1-3H3. The minimum Gasteiger partial charge on any atom is -0.398 e. The maximum absolute atomic E-state index is 12.0. The van der Waals surface area contributed by atoms with Crippen LogP contribution in [0.5, 0.6) is 0 Å². The third-order valence-corrected chi connectivity index (χ3v) is 5.88. The fourth-order valence-corrected chi connectivity index (χ4v) is 4.18.